The van der Waals surface area contributed by atoms with Gasteiger partial charge in [0.15, 0.2) is 9.84 Å². The summed E-state index contributed by atoms with van der Waals surface area (Å²) < 4.78 is 45.6. The van der Waals surface area contributed by atoms with Crippen molar-refractivity contribution in [2.24, 2.45) is 5.92 Å². The number of rotatable bonds is 8. The highest BCUT2D eigenvalue weighted by atomic mass is 32.2. The van der Waals surface area contributed by atoms with Crippen molar-refractivity contribution in [3.63, 3.8) is 0 Å². The van der Waals surface area contributed by atoms with Crippen LogP contribution >= 0.6 is 0 Å². The Morgan fingerprint density at radius 2 is 1.74 bits per heavy atom. The van der Waals surface area contributed by atoms with Crippen LogP contribution in [0.5, 0.6) is 0 Å². The molecule has 114 valence electrons. The lowest BCUT2D eigenvalue weighted by molar-refractivity contribution is 0.398. The van der Waals surface area contributed by atoms with Crippen LogP contribution in [-0.4, -0.2) is 52.9 Å². The summed E-state index contributed by atoms with van der Waals surface area (Å²) in [6.45, 7) is 2.96. The average Bonchev–Trinajstić information content (AvgIpc) is 2.72. The molecule has 1 fully saturated rings. The van der Waals surface area contributed by atoms with Crippen molar-refractivity contribution in [2.75, 3.05) is 30.1 Å². The van der Waals surface area contributed by atoms with Crippen molar-refractivity contribution in [1.82, 2.24) is 5.32 Å². The van der Waals surface area contributed by atoms with Crippen molar-refractivity contribution in [2.45, 2.75) is 38.6 Å². The van der Waals surface area contributed by atoms with Gasteiger partial charge in [-0.2, -0.15) is 0 Å². The van der Waals surface area contributed by atoms with Gasteiger partial charge >= 0.3 is 0 Å². The van der Waals surface area contributed by atoms with Gasteiger partial charge in [0.25, 0.3) is 0 Å². The lowest BCUT2D eigenvalue weighted by atomic mass is 10.0. The van der Waals surface area contributed by atoms with Crippen molar-refractivity contribution in [3.05, 3.63) is 0 Å². The van der Waals surface area contributed by atoms with Crippen molar-refractivity contribution >= 4 is 19.7 Å². The van der Waals surface area contributed by atoms with Gasteiger partial charge in [0, 0.05) is 12.3 Å². The third kappa shape index (κ3) is 6.72. The van der Waals surface area contributed by atoms with Crippen LogP contribution in [0.3, 0.4) is 0 Å². The molecule has 0 aromatic rings. The smallest absolute Gasteiger partial charge is 0.151 e. The van der Waals surface area contributed by atoms with Crippen LogP contribution in [0, 0.1) is 5.92 Å². The standard InChI is InChI=1S/C12H25NO4S2/c1-3-13-12-6-4-5-11(12)7-8-19(16,17)10-9-18(2,14)15/h11-13H,3-10H2,1-2H3. The molecule has 0 heterocycles. The van der Waals surface area contributed by atoms with E-state index in [0.29, 0.717) is 18.4 Å². The number of hydrogen-bond acceptors (Lipinski definition) is 5. The topological polar surface area (TPSA) is 80.3 Å². The minimum atomic E-state index is -3.25. The van der Waals surface area contributed by atoms with Gasteiger partial charge in [-0.15, -0.1) is 0 Å². The van der Waals surface area contributed by atoms with Gasteiger partial charge in [0.1, 0.15) is 9.84 Å². The molecular weight excluding hydrogens is 286 g/mol. The molecule has 5 nitrogen and oxygen atoms in total. The van der Waals surface area contributed by atoms with E-state index in [2.05, 4.69) is 12.2 Å². The fraction of sp³-hybridized carbons (Fsp3) is 1.00. The molecule has 7 heteroatoms. The van der Waals surface area contributed by atoms with Gasteiger partial charge in [-0.25, -0.2) is 16.8 Å². The van der Waals surface area contributed by atoms with Crippen LogP contribution in [0.4, 0.5) is 0 Å². The zero-order chi connectivity index (χ0) is 14.5. The summed E-state index contributed by atoms with van der Waals surface area (Å²) in [7, 11) is -6.45. The van der Waals surface area contributed by atoms with Gasteiger partial charge in [-0.3, -0.25) is 0 Å². The average molecular weight is 311 g/mol. The minimum absolute atomic E-state index is 0.106. The maximum atomic E-state index is 11.8. The van der Waals surface area contributed by atoms with Crippen LogP contribution in [-0.2, 0) is 19.7 Å². The maximum absolute atomic E-state index is 11.8. The first kappa shape index (κ1) is 16.9. The largest absolute Gasteiger partial charge is 0.314 e. The second-order valence-corrected chi connectivity index (χ2v) is 9.99. The summed E-state index contributed by atoms with van der Waals surface area (Å²) in [5.41, 5.74) is 0. The highest BCUT2D eigenvalue weighted by Crippen LogP contribution is 2.28. The summed E-state index contributed by atoms with van der Waals surface area (Å²) in [6.07, 6.45) is 5.04. The van der Waals surface area contributed by atoms with Crippen molar-refractivity contribution in [3.8, 4) is 0 Å². The Labute approximate surface area is 117 Å². The van der Waals surface area contributed by atoms with E-state index in [4.69, 9.17) is 0 Å². The molecule has 0 aromatic heterocycles. The van der Waals surface area contributed by atoms with Crippen LogP contribution < -0.4 is 5.32 Å². The Bertz CT molecular complexity index is 470. The molecule has 1 aliphatic rings. The number of nitrogens with one attached hydrogen (secondary N) is 1. The zero-order valence-electron chi connectivity index (χ0n) is 11.8. The SMILES string of the molecule is CCNC1CCCC1CCS(=O)(=O)CCS(C)(=O)=O. The predicted molar refractivity (Wildman–Crippen MR) is 77.8 cm³/mol. The second kappa shape index (κ2) is 7.04. The first-order chi connectivity index (χ1) is 8.73. The Kier molecular flexibility index (Phi) is 6.26. The first-order valence-corrected chi connectivity index (χ1v) is 10.7. The van der Waals surface area contributed by atoms with E-state index >= 15 is 0 Å². The summed E-state index contributed by atoms with van der Waals surface area (Å²) >= 11 is 0. The second-order valence-electron chi connectivity index (χ2n) is 5.43. The van der Waals surface area contributed by atoms with E-state index in [9.17, 15) is 16.8 Å². The molecule has 0 spiro atoms. The van der Waals surface area contributed by atoms with E-state index in [1.807, 2.05) is 0 Å². The fourth-order valence-corrected chi connectivity index (χ4v) is 5.72. The first-order valence-electron chi connectivity index (χ1n) is 6.85. The number of hydrogen-bond donors (Lipinski definition) is 1. The van der Waals surface area contributed by atoms with Gasteiger partial charge in [0.2, 0.25) is 0 Å². The molecule has 0 radical (unpaired) electrons. The van der Waals surface area contributed by atoms with Crippen molar-refractivity contribution in [1.29, 1.82) is 0 Å². The molecule has 2 unspecified atom stereocenters. The third-order valence-corrected chi connectivity index (χ3v) is 6.58. The molecule has 0 bridgehead atoms. The Hall–Kier alpha value is -0.140. The molecule has 0 saturated heterocycles. The van der Waals surface area contributed by atoms with Crippen LogP contribution in [0.25, 0.3) is 0 Å². The molecule has 0 aliphatic heterocycles. The Morgan fingerprint density at radius 1 is 1.05 bits per heavy atom. The lowest BCUT2D eigenvalue weighted by Gasteiger charge is -2.20. The molecule has 2 atom stereocenters. The van der Waals surface area contributed by atoms with Gasteiger partial charge in [0.05, 0.1) is 17.3 Å². The van der Waals surface area contributed by atoms with Gasteiger partial charge in [-0.1, -0.05) is 13.3 Å². The van der Waals surface area contributed by atoms with Crippen molar-refractivity contribution < 1.29 is 16.8 Å². The Balaban J connectivity index is 2.42. The van der Waals surface area contributed by atoms with E-state index in [-0.39, 0.29) is 17.3 Å². The highest BCUT2D eigenvalue weighted by Gasteiger charge is 2.27. The lowest BCUT2D eigenvalue weighted by Crippen LogP contribution is -2.33. The monoisotopic (exact) mass is 311 g/mol. The van der Waals surface area contributed by atoms with E-state index in [1.165, 1.54) is 0 Å². The van der Waals surface area contributed by atoms with E-state index in [1.54, 1.807) is 0 Å². The molecular formula is C12H25NO4S2. The molecule has 19 heavy (non-hydrogen) atoms. The van der Waals surface area contributed by atoms with Crippen LogP contribution in [0.1, 0.15) is 32.6 Å². The van der Waals surface area contributed by atoms with Crippen LogP contribution in [0.15, 0.2) is 0 Å². The summed E-state index contributed by atoms with van der Waals surface area (Å²) in [4.78, 5) is 0. The molecule has 1 aliphatic carbocycles. The Morgan fingerprint density at radius 3 is 2.32 bits per heavy atom. The molecule has 1 N–H and O–H groups in total. The third-order valence-electron chi connectivity index (χ3n) is 3.69. The molecule has 1 rings (SSSR count). The maximum Gasteiger partial charge on any atom is 0.151 e. The van der Waals surface area contributed by atoms with E-state index in [0.717, 1.165) is 32.1 Å². The van der Waals surface area contributed by atoms with Crippen LogP contribution in [0.2, 0.25) is 0 Å². The molecule has 0 amide bonds. The summed E-state index contributed by atoms with van der Waals surface area (Å²) in [5, 5.41) is 3.40. The number of sulfone groups is 2. The fourth-order valence-electron chi connectivity index (χ4n) is 2.62. The summed E-state index contributed by atoms with van der Waals surface area (Å²) in [6, 6.07) is 0.426. The zero-order valence-corrected chi connectivity index (χ0v) is 13.4. The van der Waals surface area contributed by atoms with Gasteiger partial charge < -0.3 is 5.32 Å². The minimum Gasteiger partial charge on any atom is -0.314 e. The van der Waals surface area contributed by atoms with Gasteiger partial charge in [-0.05, 0) is 31.7 Å². The highest BCUT2D eigenvalue weighted by molar-refractivity contribution is 7.94. The normalized spacial score (nSPS) is 24.7. The van der Waals surface area contributed by atoms with E-state index < -0.39 is 19.7 Å². The predicted octanol–water partition coefficient (Wildman–Crippen LogP) is 0.614. The quantitative estimate of drug-likeness (QED) is 0.710. The molecule has 0 aromatic carbocycles. The summed E-state index contributed by atoms with van der Waals surface area (Å²) in [5.74, 6) is 0.00355. The molecule has 1 saturated carbocycles.